The van der Waals surface area contributed by atoms with Gasteiger partial charge in [-0.3, -0.25) is 0 Å². The van der Waals surface area contributed by atoms with E-state index >= 15 is 0 Å². The van der Waals surface area contributed by atoms with Gasteiger partial charge in [-0.1, -0.05) is 25.1 Å². The highest BCUT2D eigenvalue weighted by molar-refractivity contribution is 14.1. The summed E-state index contributed by atoms with van der Waals surface area (Å²) in [5.41, 5.74) is 1.18. The first-order valence-corrected chi connectivity index (χ1v) is 7.54. The first-order valence-electron chi connectivity index (χ1n) is 6.46. The third-order valence-corrected chi connectivity index (χ3v) is 3.66. The monoisotopic (exact) mass is 367 g/mol. The fourth-order valence-electron chi connectivity index (χ4n) is 1.98. The molecule has 0 radical (unpaired) electrons. The normalized spacial score (nSPS) is 12.2. The maximum absolute atomic E-state index is 5.99. The van der Waals surface area contributed by atoms with Crippen LogP contribution in [0.3, 0.4) is 0 Å². The van der Waals surface area contributed by atoms with E-state index in [0.29, 0.717) is 0 Å². The molecule has 3 heteroatoms. The molecular formula is C16H18INO. The summed E-state index contributed by atoms with van der Waals surface area (Å²) in [6.45, 7) is 5.21. The van der Waals surface area contributed by atoms with Crippen LogP contribution in [0.1, 0.15) is 25.5 Å². The number of hydrogen-bond acceptors (Lipinski definition) is 2. The van der Waals surface area contributed by atoms with Crippen molar-refractivity contribution in [3.8, 4) is 11.5 Å². The molecule has 100 valence electrons. The molecule has 1 unspecified atom stereocenters. The summed E-state index contributed by atoms with van der Waals surface area (Å²) in [5.74, 6) is 1.79. The lowest BCUT2D eigenvalue weighted by molar-refractivity contribution is 0.463. The smallest absolute Gasteiger partial charge is 0.132 e. The van der Waals surface area contributed by atoms with Crippen LogP contribution in [0.5, 0.6) is 11.5 Å². The average molecular weight is 367 g/mol. The molecule has 0 aliphatic heterocycles. The molecule has 0 fully saturated rings. The second-order valence-electron chi connectivity index (χ2n) is 4.37. The van der Waals surface area contributed by atoms with E-state index in [0.717, 1.165) is 18.0 Å². The standard InChI is InChI=1S/C16H18INO/c1-3-18-12(2)15-6-4-5-7-16(15)19-14-10-8-13(17)9-11-14/h4-12,18H,3H2,1-2H3. The molecule has 0 saturated heterocycles. The lowest BCUT2D eigenvalue weighted by Crippen LogP contribution is -2.18. The van der Waals surface area contributed by atoms with Gasteiger partial charge in [-0.2, -0.15) is 0 Å². The Morgan fingerprint density at radius 2 is 1.79 bits per heavy atom. The van der Waals surface area contributed by atoms with Gasteiger partial charge in [0, 0.05) is 15.2 Å². The zero-order valence-corrected chi connectivity index (χ0v) is 13.3. The third-order valence-electron chi connectivity index (χ3n) is 2.94. The van der Waals surface area contributed by atoms with Gasteiger partial charge in [0.05, 0.1) is 0 Å². The molecule has 2 aromatic carbocycles. The van der Waals surface area contributed by atoms with Crippen molar-refractivity contribution in [1.82, 2.24) is 5.32 Å². The maximum Gasteiger partial charge on any atom is 0.132 e. The molecule has 2 aromatic rings. The summed E-state index contributed by atoms with van der Waals surface area (Å²) in [6, 6.07) is 16.5. The Morgan fingerprint density at radius 3 is 2.47 bits per heavy atom. The van der Waals surface area contributed by atoms with Gasteiger partial charge in [-0.05, 0) is 66.4 Å². The number of nitrogens with one attached hydrogen (secondary N) is 1. The molecule has 0 aliphatic carbocycles. The molecule has 0 bridgehead atoms. The van der Waals surface area contributed by atoms with Gasteiger partial charge in [0.2, 0.25) is 0 Å². The van der Waals surface area contributed by atoms with Crippen LogP contribution in [-0.2, 0) is 0 Å². The fraction of sp³-hybridized carbons (Fsp3) is 0.250. The van der Waals surface area contributed by atoms with E-state index in [1.165, 1.54) is 9.13 Å². The van der Waals surface area contributed by atoms with E-state index in [9.17, 15) is 0 Å². The van der Waals surface area contributed by atoms with Crippen molar-refractivity contribution in [2.75, 3.05) is 6.54 Å². The summed E-state index contributed by atoms with van der Waals surface area (Å²) in [5, 5.41) is 3.42. The van der Waals surface area contributed by atoms with Gasteiger partial charge in [0.25, 0.3) is 0 Å². The number of halogens is 1. The highest BCUT2D eigenvalue weighted by Crippen LogP contribution is 2.29. The number of benzene rings is 2. The zero-order valence-electron chi connectivity index (χ0n) is 11.2. The Balaban J connectivity index is 2.22. The van der Waals surface area contributed by atoms with Crippen molar-refractivity contribution in [3.63, 3.8) is 0 Å². The van der Waals surface area contributed by atoms with Crippen molar-refractivity contribution in [1.29, 1.82) is 0 Å². The number of rotatable bonds is 5. The Bertz CT molecular complexity index is 525. The van der Waals surface area contributed by atoms with E-state index in [-0.39, 0.29) is 6.04 Å². The SMILES string of the molecule is CCNC(C)c1ccccc1Oc1ccc(I)cc1. The van der Waals surface area contributed by atoms with Crippen LogP contribution in [0, 0.1) is 3.57 Å². The minimum Gasteiger partial charge on any atom is -0.457 e. The van der Waals surface area contributed by atoms with Gasteiger partial charge < -0.3 is 10.1 Å². The topological polar surface area (TPSA) is 21.3 Å². The van der Waals surface area contributed by atoms with E-state index in [4.69, 9.17) is 4.74 Å². The summed E-state index contributed by atoms with van der Waals surface area (Å²) >= 11 is 2.29. The number of para-hydroxylation sites is 1. The lowest BCUT2D eigenvalue weighted by atomic mass is 10.1. The molecule has 2 nitrogen and oxygen atoms in total. The van der Waals surface area contributed by atoms with Crippen molar-refractivity contribution in [2.24, 2.45) is 0 Å². The summed E-state index contributed by atoms with van der Waals surface area (Å²) in [6.07, 6.45) is 0. The molecule has 0 saturated carbocycles. The quantitative estimate of drug-likeness (QED) is 0.770. The van der Waals surface area contributed by atoms with E-state index in [1.807, 2.05) is 42.5 Å². The minimum absolute atomic E-state index is 0.282. The van der Waals surface area contributed by atoms with Gasteiger partial charge in [0.15, 0.2) is 0 Å². The van der Waals surface area contributed by atoms with E-state index < -0.39 is 0 Å². The first kappa shape index (κ1) is 14.3. The second-order valence-corrected chi connectivity index (χ2v) is 5.62. The second kappa shape index (κ2) is 6.91. The van der Waals surface area contributed by atoms with Crippen molar-refractivity contribution in [2.45, 2.75) is 19.9 Å². The van der Waals surface area contributed by atoms with Crippen LogP contribution in [0.2, 0.25) is 0 Å². The fourth-order valence-corrected chi connectivity index (χ4v) is 2.34. The molecule has 0 aliphatic rings. The zero-order chi connectivity index (χ0) is 13.7. The largest absolute Gasteiger partial charge is 0.457 e. The molecule has 2 rings (SSSR count). The molecule has 1 atom stereocenters. The molecule has 1 N–H and O–H groups in total. The van der Waals surface area contributed by atoms with Crippen molar-refractivity contribution in [3.05, 3.63) is 57.7 Å². The van der Waals surface area contributed by atoms with Gasteiger partial charge in [0.1, 0.15) is 11.5 Å². The van der Waals surface area contributed by atoms with Crippen LogP contribution in [0.25, 0.3) is 0 Å². The highest BCUT2D eigenvalue weighted by Gasteiger charge is 2.10. The molecular weight excluding hydrogens is 349 g/mol. The molecule has 0 spiro atoms. The van der Waals surface area contributed by atoms with Crippen LogP contribution in [0.4, 0.5) is 0 Å². The molecule has 0 aromatic heterocycles. The Morgan fingerprint density at radius 1 is 1.11 bits per heavy atom. The van der Waals surface area contributed by atoms with Crippen LogP contribution in [-0.4, -0.2) is 6.54 Å². The summed E-state index contributed by atoms with van der Waals surface area (Å²) in [7, 11) is 0. The predicted octanol–water partition coefficient (Wildman–Crippen LogP) is 4.75. The lowest BCUT2D eigenvalue weighted by Gasteiger charge is -2.17. The van der Waals surface area contributed by atoms with E-state index in [2.05, 4.69) is 47.8 Å². The van der Waals surface area contributed by atoms with Crippen LogP contribution < -0.4 is 10.1 Å². The molecule has 19 heavy (non-hydrogen) atoms. The summed E-state index contributed by atoms with van der Waals surface area (Å²) < 4.78 is 7.20. The number of hydrogen-bond donors (Lipinski definition) is 1. The van der Waals surface area contributed by atoms with Gasteiger partial charge in [-0.25, -0.2) is 0 Å². The highest BCUT2D eigenvalue weighted by atomic mass is 127. The Labute approximate surface area is 128 Å². The van der Waals surface area contributed by atoms with E-state index in [1.54, 1.807) is 0 Å². The Hall–Kier alpha value is -1.07. The van der Waals surface area contributed by atoms with Crippen molar-refractivity contribution >= 4 is 22.6 Å². The average Bonchev–Trinajstić information content (AvgIpc) is 2.42. The minimum atomic E-state index is 0.282. The maximum atomic E-state index is 5.99. The first-order chi connectivity index (χ1) is 9.20. The van der Waals surface area contributed by atoms with Crippen LogP contribution >= 0.6 is 22.6 Å². The molecule has 0 heterocycles. The van der Waals surface area contributed by atoms with Gasteiger partial charge >= 0.3 is 0 Å². The number of ether oxygens (including phenoxy) is 1. The third kappa shape index (κ3) is 3.94. The van der Waals surface area contributed by atoms with Crippen molar-refractivity contribution < 1.29 is 4.74 Å². The molecule has 0 amide bonds. The summed E-state index contributed by atoms with van der Waals surface area (Å²) in [4.78, 5) is 0. The Kier molecular flexibility index (Phi) is 5.22. The van der Waals surface area contributed by atoms with Gasteiger partial charge in [-0.15, -0.1) is 0 Å². The predicted molar refractivity (Wildman–Crippen MR) is 87.8 cm³/mol. The van der Waals surface area contributed by atoms with Crippen LogP contribution in [0.15, 0.2) is 48.5 Å².